The van der Waals surface area contributed by atoms with Crippen molar-refractivity contribution < 1.29 is 19.4 Å². The van der Waals surface area contributed by atoms with Gasteiger partial charge in [0.05, 0.1) is 16.8 Å². The average Bonchev–Trinajstić information content (AvgIpc) is 2.35. The molecular formula is C16H17NO4. The number of anilines is 1. The van der Waals surface area contributed by atoms with Crippen LogP contribution in [0.2, 0.25) is 0 Å². The van der Waals surface area contributed by atoms with Crippen LogP contribution >= 0.6 is 0 Å². The molecule has 0 atom stereocenters. The van der Waals surface area contributed by atoms with Gasteiger partial charge >= 0.3 is 11.9 Å². The summed E-state index contributed by atoms with van der Waals surface area (Å²) in [5.74, 6) is -1.80. The first-order valence-corrected chi connectivity index (χ1v) is 6.48. The van der Waals surface area contributed by atoms with E-state index >= 15 is 0 Å². The van der Waals surface area contributed by atoms with E-state index in [1.807, 2.05) is 0 Å². The van der Waals surface area contributed by atoms with Gasteiger partial charge in [-0.2, -0.15) is 0 Å². The number of carbonyl (C=O) groups is 2. The van der Waals surface area contributed by atoms with Crippen LogP contribution in [0.15, 0.2) is 30.3 Å². The summed E-state index contributed by atoms with van der Waals surface area (Å²) in [6, 6.07) is 8.44. The lowest BCUT2D eigenvalue weighted by atomic mass is 9.98. The Morgan fingerprint density at radius 3 is 2.38 bits per heavy atom. The Kier molecular flexibility index (Phi) is 3.60. The summed E-state index contributed by atoms with van der Waals surface area (Å²) in [6.07, 6.45) is 0. The lowest BCUT2D eigenvalue weighted by Gasteiger charge is -2.20. The number of nitrogen functional groups attached to an aromatic ring is 1. The monoisotopic (exact) mass is 287 g/mol. The quantitative estimate of drug-likeness (QED) is 0.654. The number of ether oxygens (including phenoxy) is 1. The molecule has 2 aromatic rings. The summed E-state index contributed by atoms with van der Waals surface area (Å²) in [5, 5.41) is 10.5. The van der Waals surface area contributed by atoms with Crippen molar-refractivity contribution in [3.8, 4) is 0 Å². The molecule has 0 aromatic heterocycles. The zero-order valence-corrected chi connectivity index (χ0v) is 12.1. The molecule has 0 radical (unpaired) electrons. The number of benzene rings is 2. The van der Waals surface area contributed by atoms with Gasteiger partial charge in [0.15, 0.2) is 0 Å². The van der Waals surface area contributed by atoms with Crippen molar-refractivity contribution in [3.63, 3.8) is 0 Å². The van der Waals surface area contributed by atoms with E-state index < -0.39 is 17.5 Å². The van der Waals surface area contributed by atoms with Crippen LogP contribution in [0.3, 0.4) is 0 Å². The van der Waals surface area contributed by atoms with Crippen molar-refractivity contribution >= 4 is 28.4 Å². The normalized spacial score (nSPS) is 11.4. The zero-order chi connectivity index (χ0) is 15.8. The maximum absolute atomic E-state index is 12.2. The highest BCUT2D eigenvalue weighted by molar-refractivity contribution is 6.13. The standard InChI is InChI=1S/C16H17NO4/c1-16(2,3)21-15(20)11-8-9-6-4-5-7-10(9)12(13(11)17)14(18)19/h4-8H,17H2,1-3H3,(H,18,19). The molecular weight excluding hydrogens is 270 g/mol. The van der Waals surface area contributed by atoms with Crippen molar-refractivity contribution in [1.29, 1.82) is 0 Å². The van der Waals surface area contributed by atoms with Crippen molar-refractivity contribution in [3.05, 3.63) is 41.5 Å². The lowest BCUT2D eigenvalue weighted by molar-refractivity contribution is 0.00709. The van der Waals surface area contributed by atoms with Crippen LogP contribution in [0.5, 0.6) is 0 Å². The molecule has 0 unspecified atom stereocenters. The van der Waals surface area contributed by atoms with E-state index in [1.165, 1.54) is 0 Å². The van der Waals surface area contributed by atoms with Crippen LogP contribution < -0.4 is 5.73 Å². The largest absolute Gasteiger partial charge is 0.478 e. The number of fused-ring (bicyclic) bond motifs is 1. The molecule has 0 bridgehead atoms. The van der Waals surface area contributed by atoms with Gasteiger partial charge in [0.2, 0.25) is 0 Å². The molecule has 2 aromatic carbocycles. The number of carboxylic acids is 1. The van der Waals surface area contributed by atoms with Gasteiger partial charge in [-0.3, -0.25) is 0 Å². The van der Waals surface area contributed by atoms with Crippen molar-refractivity contribution in [2.24, 2.45) is 0 Å². The summed E-state index contributed by atoms with van der Waals surface area (Å²) in [7, 11) is 0. The second-order valence-corrected chi connectivity index (χ2v) is 5.74. The molecule has 0 fully saturated rings. The van der Waals surface area contributed by atoms with E-state index in [2.05, 4.69) is 0 Å². The van der Waals surface area contributed by atoms with Gasteiger partial charge in [-0.25, -0.2) is 9.59 Å². The van der Waals surface area contributed by atoms with E-state index in [0.29, 0.717) is 10.8 Å². The molecule has 0 saturated carbocycles. The van der Waals surface area contributed by atoms with E-state index in [-0.39, 0.29) is 16.8 Å². The second-order valence-electron chi connectivity index (χ2n) is 5.74. The minimum atomic E-state index is -1.17. The third-order valence-corrected chi connectivity index (χ3v) is 2.92. The Labute approximate surface area is 122 Å². The summed E-state index contributed by atoms with van der Waals surface area (Å²) >= 11 is 0. The van der Waals surface area contributed by atoms with E-state index in [0.717, 1.165) is 0 Å². The average molecular weight is 287 g/mol. The number of hydrogen-bond donors (Lipinski definition) is 2. The van der Waals surface area contributed by atoms with Crippen molar-refractivity contribution in [2.75, 3.05) is 5.73 Å². The summed E-state index contributed by atoms with van der Waals surface area (Å²) < 4.78 is 5.28. The molecule has 0 aliphatic carbocycles. The molecule has 5 heteroatoms. The van der Waals surface area contributed by atoms with Crippen LogP contribution in [-0.4, -0.2) is 22.6 Å². The number of rotatable bonds is 2. The number of hydrogen-bond acceptors (Lipinski definition) is 4. The highest BCUT2D eigenvalue weighted by atomic mass is 16.6. The van der Waals surface area contributed by atoms with Crippen LogP contribution in [0.4, 0.5) is 5.69 Å². The first-order valence-electron chi connectivity index (χ1n) is 6.48. The highest BCUT2D eigenvalue weighted by Gasteiger charge is 2.24. The van der Waals surface area contributed by atoms with Gasteiger partial charge in [0.1, 0.15) is 5.60 Å². The molecule has 0 saturated heterocycles. The highest BCUT2D eigenvalue weighted by Crippen LogP contribution is 2.29. The fourth-order valence-electron chi connectivity index (χ4n) is 2.10. The topological polar surface area (TPSA) is 89.6 Å². The van der Waals surface area contributed by atoms with Crippen LogP contribution in [0, 0.1) is 0 Å². The van der Waals surface area contributed by atoms with Gasteiger partial charge in [0, 0.05) is 0 Å². The number of nitrogens with two attached hydrogens (primary N) is 1. The van der Waals surface area contributed by atoms with Crippen molar-refractivity contribution in [1.82, 2.24) is 0 Å². The molecule has 0 spiro atoms. The predicted molar refractivity (Wildman–Crippen MR) is 80.5 cm³/mol. The fourth-order valence-corrected chi connectivity index (χ4v) is 2.10. The van der Waals surface area contributed by atoms with Crippen LogP contribution in [0.1, 0.15) is 41.5 Å². The summed E-state index contributed by atoms with van der Waals surface area (Å²) in [6.45, 7) is 5.21. The first-order chi connectivity index (χ1) is 9.70. The SMILES string of the molecule is CC(C)(C)OC(=O)c1cc2ccccc2c(C(=O)O)c1N. The number of carbonyl (C=O) groups excluding carboxylic acids is 1. The first kappa shape index (κ1) is 14.8. The van der Waals surface area contributed by atoms with Gasteiger partial charge in [-0.1, -0.05) is 24.3 Å². The molecule has 5 nitrogen and oxygen atoms in total. The lowest BCUT2D eigenvalue weighted by Crippen LogP contribution is -2.25. The Balaban J connectivity index is 2.68. The van der Waals surface area contributed by atoms with Gasteiger partial charge in [-0.15, -0.1) is 0 Å². The maximum atomic E-state index is 12.2. The maximum Gasteiger partial charge on any atom is 0.340 e. The molecule has 0 amide bonds. The molecule has 2 rings (SSSR count). The van der Waals surface area contributed by atoms with E-state index in [9.17, 15) is 14.7 Å². The molecule has 0 aliphatic heterocycles. The molecule has 0 heterocycles. The zero-order valence-electron chi connectivity index (χ0n) is 12.1. The molecule has 110 valence electrons. The Bertz CT molecular complexity index is 729. The Morgan fingerprint density at radius 2 is 1.81 bits per heavy atom. The van der Waals surface area contributed by atoms with Gasteiger partial charge in [0.25, 0.3) is 0 Å². The smallest absolute Gasteiger partial charge is 0.340 e. The van der Waals surface area contributed by atoms with Crippen LogP contribution in [-0.2, 0) is 4.74 Å². The molecule has 0 aliphatic rings. The summed E-state index contributed by atoms with van der Waals surface area (Å²) in [5.41, 5.74) is 5.13. The third-order valence-electron chi connectivity index (χ3n) is 2.92. The number of carboxylic acid groups (broad SMARTS) is 1. The van der Waals surface area contributed by atoms with E-state index in [1.54, 1.807) is 51.1 Å². The van der Waals surface area contributed by atoms with Crippen molar-refractivity contribution in [2.45, 2.75) is 26.4 Å². The van der Waals surface area contributed by atoms with Crippen LogP contribution in [0.25, 0.3) is 10.8 Å². The Hall–Kier alpha value is -2.56. The predicted octanol–water partition coefficient (Wildman–Crippen LogP) is 3.08. The molecule has 21 heavy (non-hydrogen) atoms. The van der Waals surface area contributed by atoms with E-state index in [4.69, 9.17) is 10.5 Å². The molecule has 3 N–H and O–H groups in total. The number of esters is 1. The Morgan fingerprint density at radius 1 is 1.19 bits per heavy atom. The number of aromatic carboxylic acids is 1. The third kappa shape index (κ3) is 2.97. The summed E-state index contributed by atoms with van der Waals surface area (Å²) in [4.78, 5) is 23.7. The van der Waals surface area contributed by atoms with Gasteiger partial charge in [-0.05, 0) is 37.6 Å². The fraction of sp³-hybridized carbons (Fsp3) is 0.250. The van der Waals surface area contributed by atoms with Gasteiger partial charge < -0.3 is 15.6 Å². The minimum Gasteiger partial charge on any atom is -0.478 e. The second kappa shape index (κ2) is 5.09. The minimum absolute atomic E-state index is 0.0704.